The minimum absolute atomic E-state index is 0.100. The van der Waals surface area contributed by atoms with E-state index in [0.29, 0.717) is 0 Å². The number of carboxylic acid groups (broad SMARTS) is 1. The summed E-state index contributed by atoms with van der Waals surface area (Å²) in [5.74, 6) is -0.699. The molecule has 102 valence electrons. The number of benzene rings is 1. The highest BCUT2D eigenvalue weighted by atomic mass is 16.4. The van der Waals surface area contributed by atoms with Gasteiger partial charge >= 0.3 is 5.97 Å². The maximum atomic E-state index is 11.1. The van der Waals surface area contributed by atoms with Gasteiger partial charge in [0.2, 0.25) is 0 Å². The van der Waals surface area contributed by atoms with E-state index in [1.165, 1.54) is 12.0 Å². The molecule has 0 radical (unpaired) electrons. The second-order valence-corrected chi connectivity index (χ2v) is 6.22. The number of hydrogen-bond donors (Lipinski definition) is 1. The summed E-state index contributed by atoms with van der Waals surface area (Å²) >= 11 is 0. The molecule has 1 heterocycles. The van der Waals surface area contributed by atoms with Crippen LogP contribution in [0.25, 0.3) is 0 Å². The van der Waals surface area contributed by atoms with Crippen molar-refractivity contribution in [3.05, 3.63) is 35.9 Å². The molecule has 19 heavy (non-hydrogen) atoms. The Bertz CT molecular complexity index is 459. The van der Waals surface area contributed by atoms with Gasteiger partial charge in [0, 0.05) is 13.1 Å². The van der Waals surface area contributed by atoms with Crippen molar-refractivity contribution in [2.75, 3.05) is 13.1 Å². The molecule has 1 aliphatic carbocycles. The Hall–Kier alpha value is -1.35. The van der Waals surface area contributed by atoms with E-state index < -0.39 is 5.97 Å². The smallest absolute Gasteiger partial charge is 0.306 e. The van der Waals surface area contributed by atoms with E-state index in [9.17, 15) is 4.79 Å². The summed E-state index contributed by atoms with van der Waals surface area (Å²) in [6, 6.07) is 10.5. The number of rotatable bonds is 3. The van der Waals surface area contributed by atoms with Crippen LogP contribution in [0.1, 0.15) is 31.2 Å². The first-order valence-corrected chi connectivity index (χ1v) is 7.16. The topological polar surface area (TPSA) is 40.5 Å². The molecule has 3 heteroatoms. The Balaban J connectivity index is 1.60. The second kappa shape index (κ2) is 4.97. The molecule has 1 aromatic carbocycles. The molecule has 0 unspecified atom stereocenters. The first-order chi connectivity index (χ1) is 9.17. The Labute approximate surface area is 114 Å². The highest BCUT2D eigenvalue weighted by Crippen LogP contribution is 2.48. The van der Waals surface area contributed by atoms with Gasteiger partial charge in [-0.15, -0.1) is 0 Å². The van der Waals surface area contributed by atoms with Crippen molar-refractivity contribution < 1.29 is 9.90 Å². The molecule has 0 bridgehead atoms. The zero-order chi connectivity index (χ0) is 13.3. The van der Waals surface area contributed by atoms with Crippen LogP contribution < -0.4 is 0 Å². The van der Waals surface area contributed by atoms with Gasteiger partial charge in [0.25, 0.3) is 0 Å². The molecule has 2 aliphatic rings. The predicted octanol–water partition coefficient (Wildman–Crippen LogP) is 2.76. The SMILES string of the molecule is O=C(O)[C@H]1CC[C@]2(CCN(Cc3ccccc3)C2)C1. The predicted molar refractivity (Wildman–Crippen MR) is 73.7 cm³/mol. The number of carbonyl (C=O) groups is 1. The third kappa shape index (κ3) is 2.66. The number of likely N-dealkylation sites (tertiary alicyclic amines) is 1. The van der Waals surface area contributed by atoms with E-state index >= 15 is 0 Å². The summed E-state index contributed by atoms with van der Waals surface area (Å²) < 4.78 is 0. The summed E-state index contributed by atoms with van der Waals surface area (Å²) in [5.41, 5.74) is 1.64. The van der Waals surface area contributed by atoms with Gasteiger partial charge in [-0.2, -0.15) is 0 Å². The molecule has 2 atom stereocenters. The minimum atomic E-state index is -0.599. The first kappa shape index (κ1) is 12.7. The Morgan fingerprint density at radius 3 is 2.79 bits per heavy atom. The van der Waals surface area contributed by atoms with E-state index in [1.807, 2.05) is 6.07 Å². The molecular formula is C16H21NO2. The zero-order valence-electron chi connectivity index (χ0n) is 11.2. The molecule has 1 aliphatic heterocycles. The van der Waals surface area contributed by atoms with Crippen molar-refractivity contribution in [2.45, 2.75) is 32.2 Å². The van der Waals surface area contributed by atoms with Crippen molar-refractivity contribution in [3.63, 3.8) is 0 Å². The van der Waals surface area contributed by atoms with Crippen LogP contribution in [-0.2, 0) is 11.3 Å². The molecule has 0 aromatic heterocycles. The standard InChI is InChI=1S/C16H21NO2/c18-15(19)14-6-7-16(10-14)8-9-17(12-16)11-13-4-2-1-3-5-13/h1-5,14H,6-12H2,(H,18,19)/t14-,16-/m0/s1. The van der Waals surface area contributed by atoms with Crippen molar-refractivity contribution in [1.29, 1.82) is 0 Å². The van der Waals surface area contributed by atoms with E-state index in [1.54, 1.807) is 0 Å². The molecule has 3 rings (SSSR count). The third-order valence-corrected chi connectivity index (χ3v) is 4.82. The molecule has 0 amide bonds. The van der Waals surface area contributed by atoms with Crippen LogP contribution in [0.4, 0.5) is 0 Å². The van der Waals surface area contributed by atoms with Crippen LogP contribution in [0.2, 0.25) is 0 Å². The maximum absolute atomic E-state index is 11.1. The second-order valence-electron chi connectivity index (χ2n) is 6.22. The molecule has 1 saturated heterocycles. The highest BCUT2D eigenvalue weighted by Gasteiger charge is 2.45. The van der Waals surface area contributed by atoms with Crippen molar-refractivity contribution in [1.82, 2.24) is 4.90 Å². The number of carboxylic acids is 1. The summed E-state index contributed by atoms with van der Waals surface area (Å²) in [4.78, 5) is 13.6. The molecule has 1 spiro atoms. The minimum Gasteiger partial charge on any atom is -0.481 e. The Morgan fingerprint density at radius 2 is 2.11 bits per heavy atom. The number of nitrogens with zero attached hydrogens (tertiary/aromatic N) is 1. The largest absolute Gasteiger partial charge is 0.481 e. The summed E-state index contributed by atoms with van der Waals surface area (Å²) in [5, 5.41) is 9.14. The van der Waals surface area contributed by atoms with Gasteiger partial charge in [-0.1, -0.05) is 30.3 Å². The molecule has 1 saturated carbocycles. The van der Waals surface area contributed by atoms with Crippen molar-refractivity contribution in [3.8, 4) is 0 Å². The van der Waals surface area contributed by atoms with Crippen LogP contribution in [0.15, 0.2) is 30.3 Å². The van der Waals surface area contributed by atoms with Gasteiger partial charge < -0.3 is 5.11 Å². The zero-order valence-corrected chi connectivity index (χ0v) is 11.2. The van der Waals surface area contributed by atoms with Gasteiger partial charge in [0.15, 0.2) is 0 Å². The van der Waals surface area contributed by atoms with Crippen LogP contribution >= 0.6 is 0 Å². The fraction of sp³-hybridized carbons (Fsp3) is 0.562. The van der Waals surface area contributed by atoms with E-state index in [2.05, 4.69) is 29.2 Å². The summed E-state index contributed by atoms with van der Waals surface area (Å²) in [6.07, 6.45) is 4.01. The molecular weight excluding hydrogens is 238 g/mol. The average molecular weight is 259 g/mol. The van der Waals surface area contributed by atoms with Crippen molar-refractivity contribution in [2.24, 2.45) is 11.3 Å². The maximum Gasteiger partial charge on any atom is 0.306 e. The number of aliphatic carboxylic acids is 1. The van der Waals surface area contributed by atoms with Crippen molar-refractivity contribution >= 4 is 5.97 Å². The van der Waals surface area contributed by atoms with Crippen LogP contribution in [-0.4, -0.2) is 29.1 Å². The van der Waals surface area contributed by atoms with E-state index in [0.717, 1.165) is 38.9 Å². The van der Waals surface area contributed by atoms with Gasteiger partial charge in [0.05, 0.1) is 5.92 Å². The fourth-order valence-electron chi connectivity index (χ4n) is 3.79. The lowest BCUT2D eigenvalue weighted by molar-refractivity contribution is -0.141. The van der Waals surface area contributed by atoms with Crippen LogP contribution in [0.5, 0.6) is 0 Å². The summed E-state index contributed by atoms with van der Waals surface area (Å²) in [7, 11) is 0. The van der Waals surface area contributed by atoms with Gasteiger partial charge in [-0.3, -0.25) is 9.69 Å². The van der Waals surface area contributed by atoms with E-state index in [-0.39, 0.29) is 11.3 Å². The molecule has 1 N–H and O–H groups in total. The fourth-order valence-corrected chi connectivity index (χ4v) is 3.79. The Kier molecular flexibility index (Phi) is 3.31. The highest BCUT2D eigenvalue weighted by molar-refractivity contribution is 5.70. The quantitative estimate of drug-likeness (QED) is 0.907. The molecule has 1 aromatic rings. The number of hydrogen-bond acceptors (Lipinski definition) is 2. The van der Waals surface area contributed by atoms with Gasteiger partial charge in [0.1, 0.15) is 0 Å². The third-order valence-electron chi connectivity index (χ3n) is 4.82. The van der Waals surface area contributed by atoms with Gasteiger partial charge in [-0.25, -0.2) is 0 Å². The molecule has 3 nitrogen and oxygen atoms in total. The van der Waals surface area contributed by atoms with Crippen LogP contribution in [0.3, 0.4) is 0 Å². The first-order valence-electron chi connectivity index (χ1n) is 7.16. The average Bonchev–Trinajstić information content (AvgIpc) is 2.99. The van der Waals surface area contributed by atoms with Gasteiger partial charge in [-0.05, 0) is 43.2 Å². The normalized spacial score (nSPS) is 31.1. The summed E-state index contributed by atoms with van der Waals surface area (Å²) in [6.45, 7) is 3.19. The lowest BCUT2D eigenvalue weighted by Crippen LogP contribution is -2.25. The monoisotopic (exact) mass is 259 g/mol. The molecule has 2 fully saturated rings. The Morgan fingerprint density at radius 1 is 1.32 bits per heavy atom. The van der Waals surface area contributed by atoms with E-state index in [4.69, 9.17) is 5.11 Å². The lowest BCUT2D eigenvalue weighted by atomic mass is 9.84. The lowest BCUT2D eigenvalue weighted by Gasteiger charge is -2.24. The van der Waals surface area contributed by atoms with Crippen LogP contribution in [0, 0.1) is 11.3 Å².